The molecule has 126 valence electrons. The number of aromatic amines is 1. The van der Waals surface area contributed by atoms with Gasteiger partial charge in [-0.1, -0.05) is 32.4 Å². The summed E-state index contributed by atoms with van der Waals surface area (Å²) in [7, 11) is 0. The lowest BCUT2D eigenvalue weighted by Crippen LogP contribution is -2.36. The molecule has 1 aromatic heterocycles. The maximum atomic E-state index is 11.9. The second kappa shape index (κ2) is 8.36. The van der Waals surface area contributed by atoms with E-state index in [2.05, 4.69) is 15.3 Å². The summed E-state index contributed by atoms with van der Waals surface area (Å²) in [6, 6.07) is 7.89. The van der Waals surface area contributed by atoms with Gasteiger partial charge in [0.05, 0.1) is 28.1 Å². The topological polar surface area (TPSA) is 78.0 Å². The average molecular weight is 335 g/mol. The maximum Gasteiger partial charge on any atom is 0.230 e. The molecule has 2 rings (SSSR count). The molecule has 0 aliphatic rings. The molecule has 23 heavy (non-hydrogen) atoms. The quantitative estimate of drug-likeness (QED) is 0.693. The number of aliphatic hydroxyl groups excluding tert-OH is 1. The molecular weight excluding hydrogens is 310 g/mol. The number of carbonyl (C=O) groups is 1. The number of rotatable bonds is 8. The largest absolute Gasteiger partial charge is 0.391 e. The Kier molecular flexibility index (Phi) is 6.47. The van der Waals surface area contributed by atoms with Crippen molar-refractivity contribution in [1.29, 1.82) is 0 Å². The van der Waals surface area contributed by atoms with E-state index >= 15 is 0 Å². The smallest absolute Gasteiger partial charge is 0.230 e. The van der Waals surface area contributed by atoms with Crippen LogP contribution in [0.4, 0.5) is 0 Å². The fourth-order valence-electron chi connectivity index (χ4n) is 2.19. The van der Waals surface area contributed by atoms with Crippen molar-refractivity contribution < 1.29 is 9.90 Å². The first-order valence-corrected chi connectivity index (χ1v) is 9.07. The normalized spacial score (nSPS) is 15.3. The first kappa shape index (κ1) is 17.8. The van der Waals surface area contributed by atoms with Crippen LogP contribution in [-0.2, 0) is 4.79 Å². The number of nitrogens with zero attached hydrogens (tertiary/aromatic N) is 1. The van der Waals surface area contributed by atoms with Gasteiger partial charge in [-0.05, 0) is 25.0 Å². The summed E-state index contributed by atoms with van der Waals surface area (Å²) in [6.07, 6.45) is 0.413. The Balaban J connectivity index is 1.79. The van der Waals surface area contributed by atoms with E-state index < -0.39 is 6.10 Å². The Labute approximate surface area is 141 Å². The van der Waals surface area contributed by atoms with Gasteiger partial charge in [0, 0.05) is 6.54 Å². The minimum Gasteiger partial charge on any atom is -0.391 e. The first-order chi connectivity index (χ1) is 11.0. The number of carbonyl (C=O) groups excluding carboxylic acids is 1. The first-order valence-electron chi connectivity index (χ1n) is 8.02. The number of aromatic nitrogens is 2. The van der Waals surface area contributed by atoms with Crippen LogP contribution >= 0.6 is 11.8 Å². The molecule has 0 aliphatic carbocycles. The van der Waals surface area contributed by atoms with Gasteiger partial charge in [0.25, 0.3) is 0 Å². The zero-order valence-electron chi connectivity index (χ0n) is 13.9. The van der Waals surface area contributed by atoms with Crippen molar-refractivity contribution in [3.8, 4) is 0 Å². The van der Waals surface area contributed by atoms with E-state index in [0.29, 0.717) is 12.3 Å². The van der Waals surface area contributed by atoms with Crippen LogP contribution in [0.5, 0.6) is 0 Å². The van der Waals surface area contributed by atoms with Gasteiger partial charge >= 0.3 is 0 Å². The SMILES string of the molecule is CCC(C)C(O)CNC(=O)CSC(C)c1nc2ccccc2[nH]1. The Hall–Kier alpha value is -1.53. The lowest BCUT2D eigenvalue weighted by atomic mass is 10.0. The highest BCUT2D eigenvalue weighted by Crippen LogP contribution is 2.27. The van der Waals surface area contributed by atoms with Crippen molar-refractivity contribution in [2.75, 3.05) is 12.3 Å². The van der Waals surface area contributed by atoms with Gasteiger partial charge in [0.1, 0.15) is 5.82 Å². The van der Waals surface area contributed by atoms with Crippen molar-refractivity contribution >= 4 is 28.7 Å². The Morgan fingerprint density at radius 2 is 2.13 bits per heavy atom. The average Bonchev–Trinajstić information content (AvgIpc) is 3.00. The third-order valence-electron chi connectivity index (χ3n) is 4.07. The lowest BCUT2D eigenvalue weighted by molar-refractivity contribution is -0.119. The van der Waals surface area contributed by atoms with Gasteiger partial charge in [0.15, 0.2) is 0 Å². The van der Waals surface area contributed by atoms with Crippen LogP contribution in [0.1, 0.15) is 38.3 Å². The van der Waals surface area contributed by atoms with E-state index in [1.54, 1.807) is 0 Å². The fraction of sp³-hybridized carbons (Fsp3) is 0.529. The van der Waals surface area contributed by atoms with Crippen molar-refractivity contribution in [1.82, 2.24) is 15.3 Å². The number of hydrogen-bond donors (Lipinski definition) is 3. The van der Waals surface area contributed by atoms with Crippen LogP contribution in [0.2, 0.25) is 0 Å². The van der Waals surface area contributed by atoms with E-state index in [9.17, 15) is 9.90 Å². The van der Waals surface area contributed by atoms with E-state index in [1.165, 1.54) is 11.8 Å². The summed E-state index contributed by atoms with van der Waals surface area (Å²) in [4.78, 5) is 19.7. The standard InChI is InChI=1S/C17H25N3O2S/c1-4-11(2)15(21)9-18-16(22)10-23-12(3)17-19-13-7-5-6-8-14(13)20-17/h5-8,11-12,15,21H,4,9-10H2,1-3H3,(H,18,22)(H,19,20). The molecule has 1 amide bonds. The minimum atomic E-state index is -0.484. The summed E-state index contributed by atoms with van der Waals surface area (Å²) in [6.45, 7) is 6.35. The van der Waals surface area contributed by atoms with Crippen LogP contribution in [0, 0.1) is 5.92 Å². The van der Waals surface area contributed by atoms with E-state index in [0.717, 1.165) is 23.3 Å². The number of benzene rings is 1. The summed E-state index contributed by atoms with van der Waals surface area (Å²) in [5.74, 6) is 1.37. The van der Waals surface area contributed by atoms with E-state index in [-0.39, 0.29) is 17.1 Å². The molecular formula is C17H25N3O2S. The maximum absolute atomic E-state index is 11.9. The predicted octanol–water partition coefficient (Wildman–Crippen LogP) is 2.88. The molecule has 0 saturated carbocycles. The van der Waals surface area contributed by atoms with Gasteiger partial charge in [-0.25, -0.2) is 4.98 Å². The van der Waals surface area contributed by atoms with Crippen LogP contribution in [0.15, 0.2) is 24.3 Å². The molecule has 2 aromatic rings. The number of fused-ring (bicyclic) bond motifs is 1. The van der Waals surface area contributed by atoms with E-state index in [4.69, 9.17) is 0 Å². The van der Waals surface area contributed by atoms with Gasteiger partial charge in [-0.3, -0.25) is 4.79 Å². The number of H-pyrrole nitrogens is 1. The molecule has 3 atom stereocenters. The Morgan fingerprint density at radius 1 is 1.39 bits per heavy atom. The Bertz CT molecular complexity index is 611. The number of imidazole rings is 1. The highest BCUT2D eigenvalue weighted by molar-refractivity contribution is 8.00. The molecule has 0 saturated heterocycles. The number of nitrogens with one attached hydrogen (secondary N) is 2. The Morgan fingerprint density at radius 3 is 2.83 bits per heavy atom. The van der Waals surface area contributed by atoms with Crippen LogP contribution in [0.25, 0.3) is 11.0 Å². The zero-order chi connectivity index (χ0) is 16.8. The van der Waals surface area contributed by atoms with Crippen molar-refractivity contribution in [2.45, 2.75) is 38.5 Å². The van der Waals surface area contributed by atoms with Crippen LogP contribution in [-0.4, -0.2) is 39.4 Å². The van der Waals surface area contributed by atoms with Crippen LogP contribution < -0.4 is 5.32 Å². The minimum absolute atomic E-state index is 0.0553. The molecule has 0 aliphatic heterocycles. The van der Waals surface area contributed by atoms with E-state index in [1.807, 2.05) is 45.0 Å². The second-order valence-electron chi connectivity index (χ2n) is 5.85. The second-order valence-corrected chi connectivity index (χ2v) is 7.18. The van der Waals surface area contributed by atoms with Gasteiger partial charge in [0.2, 0.25) is 5.91 Å². The zero-order valence-corrected chi connectivity index (χ0v) is 14.7. The monoisotopic (exact) mass is 335 g/mol. The van der Waals surface area contributed by atoms with Gasteiger partial charge < -0.3 is 15.4 Å². The molecule has 1 heterocycles. The molecule has 0 bridgehead atoms. The predicted molar refractivity (Wildman–Crippen MR) is 95.4 cm³/mol. The van der Waals surface area contributed by atoms with Crippen molar-refractivity contribution in [3.63, 3.8) is 0 Å². The molecule has 0 radical (unpaired) electrons. The number of para-hydroxylation sites is 2. The summed E-state index contributed by atoms with van der Waals surface area (Å²) in [5.41, 5.74) is 1.95. The van der Waals surface area contributed by atoms with Gasteiger partial charge in [-0.15, -0.1) is 11.8 Å². The van der Waals surface area contributed by atoms with Gasteiger partial charge in [-0.2, -0.15) is 0 Å². The summed E-state index contributed by atoms with van der Waals surface area (Å²) in [5, 5.41) is 12.8. The fourth-order valence-corrected chi connectivity index (χ4v) is 2.96. The molecule has 0 spiro atoms. The lowest BCUT2D eigenvalue weighted by Gasteiger charge is -2.17. The van der Waals surface area contributed by atoms with Crippen molar-refractivity contribution in [3.05, 3.63) is 30.1 Å². The molecule has 0 fully saturated rings. The number of hydrogen-bond acceptors (Lipinski definition) is 4. The number of thioether (sulfide) groups is 1. The molecule has 6 heteroatoms. The third-order valence-corrected chi connectivity index (χ3v) is 5.22. The highest BCUT2D eigenvalue weighted by Gasteiger charge is 2.15. The molecule has 1 aromatic carbocycles. The molecule has 3 unspecified atom stereocenters. The summed E-state index contributed by atoms with van der Waals surface area (Å²) >= 11 is 1.53. The number of aliphatic hydroxyl groups is 1. The third kappa shape index (κ3) is 4.97. The van der Waals surface area contributed by atoms with Crippen LogP contribution in [0.3, 0.4) is 0 Å². The number of amides is 1. The molecule has 5 nitrogen and oxygen atoms in total. The highest BCUT2D eigenvalue weighted by atomic mass is 32.2. The summed E-state index contributed by atoms with van der Waals surface area (Å²) < 4.78 is 0. The molecule has 3 N–H and O–H groups in total. The van der Waals surface area contributed by atoms with Crippen molar-refractivity contribution in [2.24, 2.45) is 5.92 Å².